The lowest BCUT2D eigenvalue weighted by Gasteiger charge is -2.07. The molecule has 7 nitrogen and oxygen atoms in total. The molecule has 8 heteroatoms. The molecular weight excluding hydrogens is 342 g/mol. The summed E-state index contributed by atoms with van der Waals surface area (Å²) in [6.07, 6.45) is 3.83. The average molecular weight is 361 g/mol. The summed E-state index contributed by atoms with van der Waals surface area (Å²) in [5.74, 6) is 1.11. The minimum atomic E-state index is -0.496. The third kappa shape index (κ3) is 6.07. The highest BCUT2D eigenvalue weighted by Crippen LogP contribution is 2.12. The lowest BCUT2D eigenvalue weighted by molar-refractivity contribution is -0.385. The molecule has 0 saturated carbocycles. The fraction of sp³-hybridized carbons (Fsp3) is 0.294. The van der Waals surface area contributed by atoms with Crippen molar-refractivity contribution in [2.75, 3.05) is 24.7 Å². The number of aromatic nitrogens is 1. The third-order valence-corrected chi connectivity index (χ3v) is 3.94. The van der Waals surface area contributed by atoms with Crippen molar-refractivity contribution in [3.63, 3.8) is 0 Å². The van der Waals surface area contributed by atoms with Gasteiger partial charge in [-0.05, 0) is 36.4 Å². The highest BCUT2D eigenvalue weighted by Gasteiger charge is 2.07. The summed E-state index contributed by atoms with van der Waals surface area (Å²) in [7, 11) is 0. The molecular formula is C17H19N3O4S. The first-order chi connectivity index (χ1) is 12.1. The Morgan fingerprint density at radius 3 is 2.64 bits per heavy atom. The summed E-state index contributed by atoms with van der Waals surface area (Å²) in [6, 6.07) is 10.3. The van der Waals surface area contributed by atoms with Crippen LogP contribution in [0.3, 0.4) is 0 Å². The van der Waals surface area contributed by atoms with Gasteiger partial charge in [0.15, 0.2) is 0 Å². The van der Waals surface area contributed by atoms with Crippen LogP contribution in [-0.4, -0.2) is 35.3 Å². The number of benzene rings is 1. The molecule has 1 heterocycles. The van der Waals surface area contributed by atoms with Crippen molar-refractivity contribution >= 4 is 29.2 Å². The van der Waals surface area contributed by atoms with Gasteiger partial charge in [0, 0.05) is 18.4 Å². The monoisotopic (exact) mass is 361 g/mol. The number of ether oxygens (including phenoxy) is 1. The molecule has 0 radical (unpaired) electrons. The van der Waals surface area contributed by atoms with Crippen LogP contribution >= 0.6 is 11.8 Å². The van der Waals surface area contributed by atoms with E-state index in [4.69, 9.17) is 4.74 Å². The van der Waals surface area contributed by atoms with Gasteiger partial charge in [-0.2, -0.15) is 11.8 Å². The number of anilines is 1. The highest BCUT2D eigenvalue weighted by atomic mass is 32.2. The molecule has 0 aliphatic rings. The quantitative estimate of drug-likeness (QED) is 0.316. The van der Waals surface area contributed by atoms with Gasteiger partial charge in [0.05, 0.1) is 17.1 Å². The predicted molar refractivity (Wildman–Crippen MR) is 97.9 cm³/mol. The maximum atomic E-state index is 11.9. The Balaban J connectivity index is 1.68. The van der Waals surface area contributed by atoms with E-state index in [0.29, 0.717) is 24.3 Å². The SMILES string of the molecule is CSCc1ccc(C(=O)OCCCNc2ccc([N+](=O)[O-])cn2)cc1. The highest BCUT2D eigenvalue weighted by molar-refractivity contribution is 7.97. The van der Waals surface area contributed by atoms with E-state index >= 15 is 0 Å². The molecule has 0 aliphatic heterocycles. The van der Waals surface area contributed by atoms with E-state index in [1.807, 2.05) is 18.4 Å². The van der Waals surface area contributed by atoms with Crippen LogP contribution in [0, 0.1) is 10.1 Å². The summed E-state index contributed by atoms with van der Waals surface area (Å²) in [6.45, 7) is 0.829. The fourth-order valence-corrected chi connectivity index (χ4v) is 2.56. The maximum Gasteiger partial charge on any atom is 0.338 e. The number of hydrogen-bond donors (Lipinski definition) is 1. The van der Waals surface area contributed by atoms with Gasteiger partial charge < -0.3 is 10.1 Å². The third-order valence-electron chi connectivity index (χ3n) is 3.32. The van der Waals surface area contributed by atoms with E-state index < -0.39 is 4.92 Å². The van der Waals surface area contributed by atoms with E-state index in [1.165, 1.54) is 17.8 Å². The van der Waals surface area contributed by atoms with Crippen molar-refractivity contribution in [3.8, 4) is 0 Å². The summed E-state index contributed by atoms with van der Waals surface area (Å²) in [5, 5.41) is 13.6. The molecule has 2 rings (SSSR count). The number of carbonyl (C=O) groups excluding carboxylic acids is 1. The summed E-state index contributed by atoms with van der Waals surface area (Å²) >= 11 is 1.73. The van der Waals surface area contributed by atoms with Crippen molar-refractivity contribution in [3.05, 3.63) is 63.8 Å². The van der Waals surface area contributed by atoms with Crippen LogP contribution in [0.15, 0.2) is 42.6 Å². The number of nitro groups is 1. The second-order valence-corrected chi connectivity index (χ2v) is 6.07. The van der Waals surface area contributed by atoms with E-state index in [0.717, 1.165) is 5.75 Å². The first-order valence-electron chi connectivity index (χ1n) is 7.69. The molecule has 1 N–H and O–H groups in total. The largest absolute Gasteiger partial charge is 0.462 e. The first-order valence-corrected chi connectivity index (χ1v) is 9.09. The Hall–Kier alpha value is -2.61. The van der Waals surface area contributed by atoms with Gasteiger partial charge in [-0.15, -0.1) is 0 Å². The Morgan fingerprint density at radius 2 is 2.04 bits per heavy atom. The predicted octanol–water partition coefficient (Wildman–Crippen LogP) is 3.51. The molecule has 132 valence electrons. The van der Waals surface area contributed by atoms with Gasteiger partial charge in [0.2, 0.25) is 0 Å². The van der Waals surface area contributed by atoms with Crippen LogP contribution in [0.2, 0.25) is 0 Å². The van der Waals surface area contributed by atoms with Crippen LogP contribution in [0.4, 0.5) is 11.5 Å². The normalized spacial score (nSPS) is 10.3. The Kier molecular flexibility index (Phi) is 7.21. The van der Waals surface area contributed by atoms with Crippen molar-refractivity contribution in [2.24, 2.45) is 0 Å². The van der Waals surface area contributed by atoms with Gasteiger partial charge in [-0.25, -0.2) is 9.78 Å². The van der Waals surface area contributed by atoms with Crippen LogP contribution in [0.25, 0.3) is 0 Å². The topological polar surface area (TPSA) is 94.4 Å². The molecule has 1 aromatic heterocycles. The van der Waals surface area contributed by atoms with Crippen molar-refractivity contribution in [1.29, 1.82) is 0 Å². The maximum absolute atomic E-state index is 11.9. The smallest absolute Gasteiger partial charge is 0.338 e. The molecule has 2 aromatic rings. The zero-order chi connectivity index (χ0) is 18.1. The van der Waals surface area contributed by atoms with Crippen LogP contribution < -0.4 is 5.32 Å². The van der Waals surface area contributed by atoms with Gasteiger partial charge in [-0.1, -0.05) is 12.1 Å². The molecule has 0 aliphatic carbocycles. The molecule has 0 atom stereocenters. The number of thioether (sulfide) groups is 1. The summed E-state index contributed by atoms with van der Waals surface area (Å²) < 4.78 is 5.22. The van der Waals surface area contributed by atoms with Crippen molar-refractivity contribution < 1.29 is 14.5 Å². The molecule has 0 fully saturated rings. The van der Waals surface area contributed by atoms with E-state index in [1.54, 1.807) is 30.0 Å². The number of hydrogen-bond acceptors (Lipinski definition) is 7. The standard InChI is InChI=1S/C17H19N3O4S/c1-25-12-13-3-5-14(6-4-13)17(21)24-10-2-9-18-16-8-7-15(11-19-16)20(22)23/h3-8,11H,2,9-10,12H2,1H3,(H,18,19). The number of esters is 1. The minimum absolute atomic E-state index is 0.0528. The second-order valence-electron chi connectivity index (χ2n) is 5.20. The lowest BCUT2D eigenvalue weighted by Crippen LogP contribution is -2.11. The van der Waals surface area contributed by atoms with E-state index in [9.17, 15) is 14.9 Å². The molecule has 0 spiro atoms. The number of carbonyl (C=O) groups is 1. The van der Waals surface area contributed by atoms with Gasteiger partial charge in [0.1, 0.15) is 12.0 Å². The molecule has 0 saturated heterocycles. The molecule has 1 aromatic carbocycles. The van der Waals surface area contributed by atoms with Gasteiger partial charge >= 0.3 is 5.97 Å². The van der Waals surface area contributed by atoms with Crippen molar-refractivity contribution in [1.82, 2.24) is 4.98 Å². The molecule has 25 heavy (non-hydrogen) atoms. The van der Waals surface area contributed by atoms with Crippen LogP contribution in [0.5, 0.6) is 0 Å². The van der Waals surface area contributed by atoms with Gasteiger partial charge in [-0.3, -0.25) is 10.1 Å². The Labute approximate surface area is 149 Å². The van der Waals surface area contributed by atoms with Crippen molar-refractivity contribution in [2.45, 2.75) is 12.2 Å². The van der Waals surface area contributed by atoms with E-state index in [2.05, 4.69) is 10.3 Å². The number of pyridine rings is 1. The van der Waals surface area contributed by atoms with Crippen LogP contribution in [0.1, 0.15) is 22.3 Å². The zero-order valence-electron chi connectivity index (χ0n) is 13.8. The lowest BCUT2D eigenvalue weighted by atomic mass is 10.1. The summed E-state index contributed by atoms with van der Waals surface area (Å²) in [5.41, 5.74) is 1.65. The molecule has 0 amide bonds. The average Bonchev–Trinajstić information content (AvgIpc) is 2.62. The minimum Gasteiger partial charge on any atom is -0.462 e. The Bertz CT molecular complexity index is 705. The number of rotatable bonds is 9. The van der Waals surface area contributed by atoms with Crippen LogP contribution in [-0.2, 0) is 10.5 Å². The zero-order valence-corrected chi connectivity index (χ0v) is 14.6. The van der Waals surface area contributed by atoms with E-state index in [-0.39, 0.29) is 18.3 Å². The molecule has 0 bridgehead atoms. The first kappa shape index (κ1) is 18.7. The Morgan fingerprint density at radius 1 is 1.28 bits per heavy atom. The second kappa shape index (κ2) is 9.63. The number of nitrogens with one attached hydrogen (secondary N) is 1. The summed E-state index contributed by atoms with van der Waals surface area (Å²) in [4.78, 5) is 25.9. The van der Waals surface area contributed by atoms with Gasteiger partial charge in [0.25, 0.3) is 5.69 Å². The number of nitrogens with zero attached hydrogens (tertiary/aromatic N) is 2. The molecule has 0 unspecified atom stereocenters. The fourth-order valence-electron chi connectivity index (χ4n) is 2.04.